The van der Waals surface area contributed by atoms with Gasteiger partial charge in [0.1, 0.15) is 11.6 Å². The first-order chi connectivity index (χ1) is 14.7. The van der Waals surface area contributed by atoms with E-state index in [2.05, 4.69) is 37.0 Å². The fraction of sp³-hybridized carbons (Fsp3) is 0.348. The maximum Gasteiger partial charge on any atom is 0.234 e. The van der Waals surface area contributed by atoms with Crippen LogP contribution in [0, 0.1) is 18.7 Å². The Balaban J connectivity index is 1.42. The molecule has 0 amide bonds. The van der Waals surface area contributed by atoms with Crippen molar-refractivity contribution in [3.05, 3.63) is 72.5 Å². The fourth-order valence-electron chi connectivity index (χ4n) is 4.46. The Morgan fingerprint density at radius 1 is 1.10 bits per heavy atom. The number of rotatable bonds is 5. The number of fused-ring (bicyclic) bond motifs is 1. The molecular weight excluding hydrogens is 379 g/mol. The number of nitrogens with zero attached hydrogens (tertiary/aromatic N) is 6. The fourth-order valence-corrected chi connectivity index (χ4v) is 4.46. The highest BCUT2D eigenvalue weighted by molar-refractivity contribution is 5.65. The van der Waals surface area contributed by atoms with Crippen LogP contribution in [0.5, 0.6) is 0 Å². The van der Waals surface area contributed by atoms with Crippen molar-refractivity contribution in [1.82, 2.24) is 28.8 Å². The summed E-state index contributed by atoms with van der Waals surface area (Å²) < 4.78 is 17.8. The summed E-state index contributed by atoms with van der Waals surface area (Å²) in [6, 6.07) is 8.48. The maximum absolute atomic E-state index is 13.5. The van der Waals surface area contributed by atoms with Crippen molar-refractivity contribution >= 4 is 5.78 Å². The van der Waals surface area contributed by atoms with E-state index in [0.29, 0.717) is 11.7 Å². The van der Waals surface area contributed by atoms with E-state index in [-0.39, 0.29) is 5.82 Å². The molecule has 3 aromatic heterocycles. The first kappa shape index (κ1) is 18.9. The van der Waals surface area contributed by atoms with Crippen molar-refractivity contribution in [1.29, 1.82) is 0 Å². The number of benzene rings is 1. The molecule has 0 radical (unpaired) electrons. The highest BCUT2D eigenvalue weighted by Crippen LogP contribution is 2.27. The molecule has 4 aromatic rings. The van der Waals surface area contributed by atoms with Gasteiger partial charge in [-0.15, -0.1) is 0 Å². The topological polar surface area (TPSA) is 51.2 Å². The molecule has 1 fully saturated rings. The van der Waals surface area contributed by atoms with Gasteiger partial charge in [-0.3, -0.25) is 9.30 Å². The predicted molar refractivity (Wildman–Crippen MR) is 113 cm³/mol. The number of likely N-dealkylation sites (tertiary alicyclic amines) is 1. The molecule has 1 atom stereocenters. The molecule has 7 heteroatoms. The number of hydrogen-bond acceptors (Lipinski definition) is 4. The van der Waals surface area contributed by atoms with Gasteiger partial charge in [0.05, 0.1) is 11.4 Å². The summed E-state index contributed by atoms with van der Waals surface area (Å²) in [6.07, 6.45) is 10.1. The zero-order valence-electron chi connectivity index (χ0n) is 17.1. The molecule has 0 aliphatic carbocycles. The zero-order valence-corrected chi connectivity index (χ0v) is 17.1. The molecule has 1 aromatic carbocycles. The lowest BCUT2D eigenvalue weighted by Crippen LogP contribution is -2.37. The summed E-state index contributed by atoms with van der Waals surface area (Å²) in [6.45, 7) is 5.95. The van der Waals surface area contributed by atoms with E-state index in [4.69, 9.17) is 4.98 Å². The van der Waals surface area contributed by atoms with Crippen LogP contribution in [0.4, 0.5) is 4.39 Å². The van der Waals surface area contributed by atoms with Crippen molar-refractivity contribution in [3.8, 4) is 11.3 Å². The van der Waals surface area contributed by atoms with Gasteiger partial charge in [-0.05, 0) is 62.6 Å². The van der Waals surface area contributed by atoms with E-state index in [1.807, 2.05) is 18.5 Å². The molecule has 0 saturated carbocycles. The van der Waals surface area contributed by atoms with Gasteiger partial charge < -0.3 is 4.57 Å². The van der Waals surface area contributed by atoms with Gasteiger partial charge in [-0.2, -0.15) is 0 Å². The minimum absolute atomic E-state index is 0.240. The summed E-state index contributed by atoms with van der Waals surface area (Å²) in [5.41, 5.74) is 2.89. The average Bonchev–Trinajstić information content (AvgIpc) is 3.33. The van der Waals surface area contributed by atoms with Crippen LogP contribution in [0.2, 0.25) is 0 Å². The second kappa shape index (κ2) is 7.99. The molecule has 154 valence electrons. The van der Waals surface area contributed by atoms with Gasteiger partial charge in [0.25, 0.3) is 0 Å². The summed E-state index contributed by atoms with van der Waals surface area (Å²) in [4.78, 5) is 16.0. The minimum Gasteiger partial charge on any atom is -0.335 e. The van der Waals surface area contributed by atoms with E-state index < -0.39 is 0 Å². The van der Waals surface area contributed by atoms with Crippen LogP contribution in [-0.2, 0) is 13.1 Å². The molecule has 5 rings (SSSR count). The van der Waals surface area contributed by atoms with Crippen molar-refractivity contribution in [2.45, 2.75) is 32.9 Å². The van der Waals surface area contributed by atoms with Crippen LogP contribution in [-0.4, -0.2) is 41.9 Å². The first-order valence-corrected chi connectivity index (χ1v) is 10.5. The van der Waals surface area contributed by atoms with Gasteiger partial charge in [0.2, 0.25) is 5.78 Å². The van der Waals surface area contributed by atoms with Gasteiger partial charge in [-0.1, -0.05) is 0 Å². The Hall–Kier alpha value is -3.06. The third kappa shape index (κ3) is 3.73. The van der Waals surface area contributed by atoms with Crippen molar-refractivity contribution < 1.29 is 4.39 Å². The predicted octanol–water partition coefficient (Wildman–Crippen LogP) is 3.95. The summed E-state index contributed by atoms with van der Waals surface area (Å²) in [7, 11) is 0. The van der Waals surface area contributed by atoms with E-state index in [0.717, 1.165) is 49.0 Å². The third-order valence-corrected chi connectivity index (χ3v) is 5.98. The Kier molecular flexibility index (Phi) is 5.04. The van der Waals surface area contributed by atoms with Crippen LogP contribution in [0.1, 0.15) is 24.4 Å². The van der Waals surface area contributed by atoms with E-state index >= 15 is 0 Å². The smallest absolute Gasteiger partial charge is 0.234 e. The van der Waals surface area contributed by atoms with Crippen LogP contribution < -0.4 is 0 Å². The van der Waals surface area contributed by atoms with Crippen molar-refractivity contribution in [2.75, 3.05) is 13.1 Å². The second-order valence-electron chi connectivity index (χ2n) is 8.07. The van der Waals surface area contributed by atoms with Gasteiger partial charge in [0.15, 0.2) is 0 Å². The molecule has 1 aliphatic heterocycles. The van der Waals surface area contributed by atoms with Crippen LogP contribution >= 0.6 is 0 Å². The lowest BCUT2D eigenvalue weighted by Gasteiger charge is -2.33. The molecule has 1 saturated heterocycles. The number of imidazole rings is 2. The largest absolute Gasteiger partial charge is 0.335 e. The summed E-state index contributed by atoms with van der Waals surface area (Å²) >= 11 is 0. The van der Waals surface area contributed by atoms with Crippen LogP contribution in [0.15, 0.2) is 55.1 Å². The Bertz CT molecular complexity index is 1150. The van der Waals surface area contributed by atoms with Gasteiger partial charge in [-0.25, -0.2) is 19.3 Å². The standard InChI is InChI=1S/C23H25FN6/c1-17-25-10-13-29(17)15-18-4-2-11-28(14-18)16-21-22(19-5-7-20(24)8-6-19)27-23-26-9-3-12-30(21)23/h3,5-10,12-13,18H,2,4,11,14-16H2,1H3. The van der Waals surface area contributed by atoms with Crippen LogP contribution in [0.25, 0.3) is 17.0 Å². The van der Waals surface area contributed by atoms with Crippen LogP contribution in [0.3, 0.4) is 0 Å². The van der Waals surface area contributed by atoms with E-state index in [1.165, 1.54) is 25.0 Å². The quantitative estimate of drug-likeness (QED) is 0.505. The van der Waals surface area contributed by atoms with Crippen molar-refractivity contribution in [3.63, 3.8) is 0 Å². The molecule has 4 heterocycles. The number of piperidine rings is 1. The third-order valence-electron chi connectivity index (χ3n) is 5.98. The lowest BCUT2D eigenvalue weighted by atomic mass is 9.97. The molecular formula is C23H25FN6. The number of aromatic nitrogens is 5. The molecule has 0 N–H and O–H groups in total. The highest BCUT2D eigenvalue weighted by Gasteiger charge is 2.24. The summed E-state index contributed by atoms with van der Waals surface area (Å²) in [5, 5.41) is 0. The monoisotopic (exact) mass is 404 g/mol. The molecule has 1 aliphatic rings. The van der Waals surface area contributed by atoms with Gasteiger partial charge in [0, 0.05) is 50.0 Å². The SMILES string of the molecule is Cc1nccn1CC1CCCN(Cc2c(-c3ccc(F)cc3)nc3ncccn23)C1. The Morgan fingerprint density at radius 2 is 1.97 bits per heavy atom. The highest BCUT2D eigenvalue weighted by atomic mass is 19.1. The lowest BCUT2D eigenvalue weighted by molar-refractivity contribution is 0.154. The molecule has 30 heavy (non-hydrogen) atoms. The second-order valence-corrected chi connectivity index (χ2v) is 8.07. The number of aryl methyl sites for hydroxylation is 1. The number of hydrogen-bond donors (Lipinski definition) is 0. The molecule has 1 unspecified atom stereocenters. The summed E-state index contributed by atoms with van der Waals surface area (Å²) in [5.74, 6) is 2.10. The normalized spacial score (nSPS) is 17.6. The molecule has 0 spiro atoms. The molecule has 6 nitrogen and oxygen atoms in total. The zero-order chi connectivity index (χ0) is 20.5. The first-order valence-electron chi connectivity index (χ1n) is 10.5. The average molecular weight is 404 g/mol. The Labute approximate surface area is 175 Å². The van der Waals surface area contributed by atoms with Gasteiger partial charge >= 0.3 is 0 Å². The minimum atomic E-state index is -0.240. The Morgan fingerprint density at radius 3 is 2.77 bits per heavy atom. The number of halogens is 1. The van der Waals surface area contributed by atoms with E-state index in [9.17, 15) is 4.39 Å². The van der Waals surface area contributed by atoms with Crippen molar-refractivity contribution in [2.24, 2.45) is 5.92 Å². The molecule has 0 bridgehead atoms. The maximum atomic E-state index is 13.5. The van der Waals surface area contributed by atoms with E-state index in [1.54, 1.807) is 18.3 Å².